The molecule has 2 heterocycles. The minimum absolute atomic E-state index is 0.0955. The Morgan fingerprint density at radius 3 is 2.57 bits per heavy atom. The second kappa shape index (κ2) is 2.78. The Labute approximate surface area is 86.3 Å². The lowest BCUT2D eigenvalue weighted by molar-refractivity contribution is 1.14. The third-order valence-electron chi connectivity index (χ3n) is 2.37. The predicted molar refractivity (Wildman–Crippen MR) is 56.3 cm³/mol. The van der Waals surface area contributed by atoms with Crippen molar-refractivity contribution in [2.24, 2.45) is 10.7 Å². The van der Waals surface area contributed by atoms with Crippen LogP contribution in [0.25, 0.3) is 0 Å². The van der Waals surface area contributed by atoms with E-state index in [1.54, 1.807) is 0 Å². The molecule has 2 rings (SSSR count). The van der Waals surface area contributed by atoms with Crippen molar-refractivity contribution in [3.63, 3.8) is 0 Å². The van der Waals surface area contributed by atoms with Crippen molar-refractivity contribution in [3.05, 3.63) is 27.5 Å². The zero-order valence-electron chi connectivity index (χ0n) is 7.85. The van der Waals surface area contributed by atoms with Gasteiger partial charge in [-0.25, -0.2) is 9.98 Å². The summed E-state index contributed by atoms with van der Waals surface area (Å²) in [5.41, 5.74) is 8.76. The van der Waals surface area contributed by atoms with Crippen molar-refractivity contribution in [3.8, 4) is 0 Å². The highest BCUT2D eigenvalue weighted by Gasteiger charge is 2.25. The van der Waals surface area contributed by atoms with Crippen LogP contribution < -0.4 is 5.73 Å². The van der Waals surface area contributed by atoms with E-state index in [4.69, 9.17) is 22.7 Å². The fraction of sp³-hybridized carbons (Fsp3) is 0.222. The first-order valence-corrected chi connectivity index (χ1v) is 4.50. The summed E-state index contributed by atoms with van der Waals surface area (Å²) in [6.07, 6.45) is 0. The lowest BCUT2D eigenvalue weighted by Gasteiger charge is -2.07. The van der Waals surface area contributed by atoms with Gasteiger partial charge in [0, 0.05) is 11.3 Å². The maximum absolute atomic E-state index is 7.58. The number of aliphatic imine (C=N–C) groups is 1. The molecular formula is C9H9ClN4. The summed E-state index contributed by atoms with van der Waals surface area (Å²) in [5, 5.41) is 7.88. The highest BCUT2D eigenvalue weighted by Crippen LogP contribution is 2.27. The second-order valence-electron chi connectivity index (χ2n) is 3.21. The topological polar surface area (TPSA) is 75.1 Å². The first-order valence-electron chi connectivity index (χ1n) is 4.12. The zero-order valence-corrected chi connectivity index (χ0v) is 8.61. The molecule has 5 heteroatoms. The van der Waals surface area contributed by atoms with Crippen LogP contribution in [-0.2, 0) is 0 Å². The Morgan fingerprint density at radius 1 is 1.29 bits per heavy atom. The molecule has 0 spiro atoms. The van der Waals surface area contributed by atoms with Crippen molar-refractivity contribution in [1.82, 2.24) is 4.98 Å². The minimum Gasteiger partial charge on any atom is -0.383 e. The summed E-state index contributed by atoms with van der Waals surface area (Å²) in [4.78, 5) is 8.00. The summed E-state index contributed by atoms with van der Waals surface area (Å²) >= 11 is 5.93. The first-order chi connectivity index (χ1) is 6.52. The molecule has 0 aliphatic carbocycles. The van der Waals surface area contributed by atoms with E-state index >= 15 is 0 Å². The van der Waals surface area contributed by atoms with Gasteiger partial charge in [0.1, 0.15) is 11.0 Å². The van der Waals surface area contributed by atoms with Gasteiger partial charge in [-0.2, -0.15) is 0 Å². The number of aromatic nitrogens is 1. The molecule has 1 aliphatic heterocycles. The van der Waals surface area contributed by atoms with Gasteiger partial charge in [0.25, 0.3) is 0 Å². The van der Waals surface area contributed by atoms with Gasteiger partial charge in [-0.15, -0.1) is 0 Å². The fourth-order valence-electron chi connectivity index (χ4n) is 1.53. The van der Waals surface area contributed by atoms with Crippen LogP contribution in [0.5, 0.6) is 0 Å². The number of hydrogen-bond acceptors (Lipinski definition) is 3. The number of fused-ring (bicyclic) bond motifs is 1. The molecule has 0 radical (unpaired) electrons. The van der Waals surface area contributed by atoms with Crippen molar-refractivity contribution < 1.29 is 0 Å². The monoisotopic (exact) mass is 208 g/mol. The average molecular weight is 209 g/mol. The number of nitrogens with one attached hydrogen (secondary N) is 1. The van der Waals surface area contributed by atoms with Gasteiger partial charge < -0.3 is 5.73 Å². The molecule has 1 aromatic rings. The van der Waals surface area contributed by atoms with Gasteiger partial charge in [0.15, 0.2) is 5.84 Å². The van der Waals surface area contributed by atoms with Crippen LogP contribution in [0.4, 0.5) is 0 Å². The largest absolute Gasteiger partial charge is 0.383 e. The van der Waals surface area contributed by atoms with E-state index < -0.39 is 0 Å². The number of halogens is 1. The molecule has 0 saturated heterocycles. The van der Waals surface area contributed by atoms with E-state index in [0.717, 1.165) is 16.8 Å². The van der Waals surface area contributed by atoms with Crippen LogP contribution in [0.3, 0.4) is 0 Å². The number of aryl methyl sites for hydroxylation is 1. The van der Waals surface area contributed by atoms with E-state index in [1.165, 1.54) is 0 Å². The SMILES string of the molecule is Cc1nc(Cl)c2c(c1C)C(N)=NC2=N. The van der Waals surface area contributed by atoms with Gasteiger partial charge in [0.2, 0.25) is 0 Å². The molecule has 14 heavy (non-hydrogen) atoms. The maximum Gasteiger partial charge on any atom is 0.158 e. The van der Waals surface area contributed by atoms with Crippen molar-refractivity contribution in [1.29, 1.82) is 5.41 Å². The van der Waals surface area contributed by atoms with Crippen LogP contribution >= 0.6 is 11.6 Å². The van der Waals surface area contributed by atoms with E-state index in [1.807, 2.05) is 13.8 Å². The molecule has 0 saturated carbocycles. The summed E-state index contributed by atoms with van der Waals surface area (Å²) in [6, 6.07) is 0. The molecule has 0 atom stereocenters. The summed E-state index contributed by atoms with van der Waals surface area (Å²) in [7, 11) is 0. The number of nitrogens with two attached hydrogens (primary N) is 1. The van der Waals surface area contributed by atoms with Crippen LogP contribution in [0.15, 0.2) is 4.99 Å². The maximum atomic E-state index is 7.58. The number of hydrogen-bond donors (Lipinski definition) is 2. The third-order valence-corrected chi connectivity index (χ3v) is 2.64. The molecular weight excluding hydrogens is 200 g/mol. The number of rotatable bonds is 0. The van der Waals surface area contributed by atoms with Crippen LogP contribution in [0, 0.1) is 19.3 Å². The number of nitrogens with zero attached hydrogens (tertiary/aromatic N) is 2. The van der Waals surface area contributed by atoms with Gasteiger partial charge in [-0.1, -0.05) is 11.6 Å². The molecule has 1 aliphatic rings. The number of pyridine rings is 1. The van der Waals surface area contributed by atoms with Gasteiger partial charge in [-0.3, -0.25) is 5.41 Å². The number of amidine groups is 2. The van der Waals surface area contributed by atoms with Gasteiger partial charge in [-0.05, 0) is 19.4 Å². The molecule has 72 valence electrons. The quantitative estimate of drug-likeness (QED) is 0.633. The van der Waals surface area contributed by atoms with E-state index in [9.17, 15) is 0 Å². The molecule has 0 fully saturated rings. The fourth-order valence-corrected chi connectivity index (χ4v) is 1.84. The van der Waals surface area contributed by atoms with Gasteiger partial charge in [0.05, 0.1) is 5.56 Å². The summed E-state index contributed by atoms with van der Waals surface area (Å²) in [5.74, 6) is 0.452. The van der Waals surface area contributed by atoms with Crippen molar-refractivity contribution in [2.45, 2.75) is 13.8 Å². The second-order valence-corrected chi connectivity index (χ2v) is 3.57. The lowest BCUT2D eigenvalue weighted by atomic mass is 10.0. The normalized spacial score (nSPS) is 14.2. The standard InChI is InChI=1S/C9H9ClN4/c1-3-4(2)13-7(10)6-5(3)8(11)14-9(6)12/h1-2H3,(H3,11,12,14). The molecule has 0 amide bonds. The van der Waals surface area contributed by atoms with E-state index in [2.05, 4.69) is 9.98 Å². The van der Waals surface area contributed by atoms with Gasteiger partial charge >= 0.3 is 0 Å². The Balaban J connectivity index is 2.86. The van der Waals surface area contributed by atoms with Crippen molar-refractivity contribution in [2.75, 3.05) is 0 Å². The van der Waals surface area contributed by atoms with Crippen LogP contribution in [0.1, 0.15) is 22.4 Å². The highest BCUT2D eigenvalue weighted by molar-refractivity contribution is 6.36. The minimum atomic E-state index is 0.0955. The van der Waals surface area contributed by atoms with Crippen molar-refractivity contribution >= 4 is 23.3 Å². The van der Waals surface area contributed by atoms with Crippen LogP contribution in [0.2, 0.25) is 5.15 Å². The Hall–Kier alpha value is -1.42. The van der Waals surface area contributed by atoms with E-state index in [0.29, 0.717) is 16.6 Å². The smallest absolute Gasteiger partial charge is 0.158 e. The molecule has 3 N–H and O–H groups in total. The third kappa shape index (κ3) is 1.04. The molecule has 0 bridgehead atoms. The Morgan fingerprint density at radius 2 is 1.93 bits per heavy atom. The lowest BCUT2D eigenvalue weighted by Crippen LogP contribution is -2.13. The summed E-state index contributed by atoms with van der Waals surface area (Å²) in [6.45, 7) is 3.76. The summed E-state index contributed by atoms with van der Waals surface area (Å²) < 4.78 is 0. The Kier molecular flexibility index (Phi) is 1.82. The highest BCUT2D eigenvalue weighted by atomic mass is 35.5. The predicted octanol–water partition coefficient (Wildman–Crippen LogP) is 1.40. The van der Waals surface area contributed by atoms with E-state index in [-0.39, 0.29) is 5.84 Å². The Bertz CT molecular complexity index is 476. The molecule has 0 unspecified atom stereocenters. The van der Waals surface area contributed by atoms with Crippen LogP contribution in [-0.4, -0.2) is 16.7 Å². The average Bonchev–Trinajstić information content (AvgIpc) is 2.38. The first kappa shape index (κ1) is 9.15. The molecule has 0 aromatic carbocycles. The molecule has 4 nitrogen and oxygen atoms in total. The zero-order chi connectivity index (χ0) is 10.5. The molecule has 1 aromatic heterocycles.